The van der Waals surface area contributed by atoms with Crippen LogP contribution in [0, 0.1) is 18.3 Å². The Hall–Kier alpha value is -4.39. The minimum Gasteiger partial charge on any atom is -0.493 e. The smallest absolute Gasteiger partial charge is 0.258 e. The highest BCUT2D eigenvalue weighted by Crippen LogP contribution is 2.48. The minimum absolute atomic E-state index is 0.0569. The highest BCUT2D eigenvalue weighted by Gasteiger charge is 2.37. The zero-order chi connectivity index (χ0) is 25.1. The molecule has 0 spiro atoms. The van der Waals surface area contributed by atoms with Crippen LogP contribution in [0.2, 0.25) is 0 Å². The molecule has 4 rings (SSSR count). The zero-order valence-corrected chi connectivity index (χ0v) is 20.1. The lowest BCUT2D eigenvalue weighted by atomic mass is 9.83. The quantitative estimate of drug-likeness (QED) is 0.525. The van der Waals surface area contributed by atoms with Gasteiger partial charge in [0, 0.05) is 42.8 Å². The molecule has 1 aliphatic rings. The van der Waals surface area contributed by atoms with Crippen LogP contribution in [0.15, 0.2) is 53.2 Å². The van der Waals surface area contributed by atoms with Crippen molar-refractivity contribution in [1.29, 1.82) is 5.26 Å². The number of fused-ring (bicyclic) bond motifs is 1. The summed E-state index contributed by atoms with van der Waals surface area (Å²) < 4.78 is 26.0. The molecule has 0 bridgehead atoms. The van der Waals surface area contributed by atoms with Gasteiger partial charge in [0.15, 0.2) is 11.5 Å². The number of nitrogens with two attached hydrogens (primary N) is 1. The summed E-state index contributed by atoms with van der Waals surface area (Å²) in [6.07, 6.45) is 6.05. The Balaban J connectivity index is 1.87. The molecule has 10 nitrogen and oxygen atoms in total. The Labute approximate surface area is 202 Å². The number of hydrogen-bond donors (Lipinski definition) is 1. The number of methoxy groups -OCH3 is 3. The number of nitrogens with zero attached hydrogens (tertiary/aromatic N) is 4. The summed E-state index contributed by atoms with van der Waals surface area (Å²) in [5.41, 5.74) is 7.59. The van der Waals surface area contributed by atoms with E-state index in [0.717, 1.165) is 5.69 Å². The fourth-order valence-corrected chi connectivity index (χ4v) is 4.46. The van der Waals surface area contributed by atoms with Crippen LogP contribution in [-0.2, 0) is 13.1 Å². The summed E-state index contributed by atoms with van der Waals surface area (Å²) in [4.78, 5) is 17.9. The molecule has 0 aliphatic carbocycles. The van der Waals surface area contributed by atoms with Gasteiger partial charge in [0.05, 0.1) is 39.1 Å². The van der Waals surface area contributed by atoms with Crippen molar-refractivity contribution in [1.82, 2.24) is 14.1 Å². The van der Waals surface area contributed by atoms with Gasteiger partial charge in [-0.1, -0.05) is 6.07 Å². The van der Waals surface area contributed by atoms with Crippen molar-refractivity contribution in [2.75, 3.05) is 21.3 Å². The van der Waals surface area contributed by atoms with Gasteiger partial charge in [-0.15, -0.1) is 0 Å². The van der Waals surface area contributed by atoms with E-state index in [2.05, 4.69) is 11.1 Å². The van der Waals surface area contributed by atoms with Gasteiger partial charge in [0.2, 0.25) is 11.6 Å². The molecule has 0 fully saturated rings. The first-order chi connectivity index (χ1) is 16.9. The third kappa shape index (κ3) is 4.17. The average molecular weight is 478 g/mol. The molecule has 0 saturated carbocycles. The number of nitriles is 1. The monoisotopic (exact) mass is 477 g/mol. The second-order valence-electron chi connectivity index (χ2n) is 8.02. The number of rotatable bonds is 8. The molecule has 3 aromatic rings. The van der Waals surface area contributed by atoms with Crippen molar-refractivity contribution in [2.24, 2.45) is 5.73 Å². The average Bonchev–Trinajstić information content (AvgIpc) is 3.37. The van der Waals surface area contributed by atoms with Gasteiger partial charge in [-0.2, -0.15) is 5.26 Å². The first-order valence-corrected chi connectivity index (χ1v) is 11.0. The summed E-state index contributed by atoms with van der Waals surface area (Å²) in [6, 6.07) is 7.35. The van der Waals surface area contributed by atoms with Crippen molar-refractivity contribution < 1.29 is 18.9 Å². The Morgan fingerprint density at radius 2 is 1.94 bits per heavy atom. The maximum Gasteiger partial charge on any atom is 0.258 e. The Morgan fingerprint density at radius 1 is 1.17 bits per heavy atom. The lowest BCUT2D eigenvalue weighted by Gasteiger charge is -2.29. The van der Waals surface area contributed by atoms with Crippen LogP contribution in [0.1, 0.15) is 29.2 Å². The van der Waals surface area contributed by atoms with Gasteiger partial charge in [0.1, 0.15) is 17.4 Å². The van der Waals surface area contributed by atoms with Crippen LogP contribution in [0.5, 0.6) is 23.0 Å². The van der Waals surface area contributed by atoms with E-state index in [1.54, 1.807) is 35.3 Å². The molecule has 0 amide bonds. The topological polar surface area (TPSA) is 127 Å². The van der Waals surface area contributed by atoms with E-state index in [1.165, 1.54) is 21.3 Å². The molecule has 35 heavy (non-hydrogen) atoms. The van der Waals surface area contributed by atoms with Crippen molar-refractivity contribution in [2.45, 2.75) is 32.4 Å². The van der Waals surface area contributed by atoms with Crippen molar-refractivity contribution >= 4 is 0 Å². The second-order valence-corrected chi connectivity index (χ2v) is 8.02. The molecule has 0 radical (unpaired) electrons. The van der Waals surface area contributed by atoms with Gasteiger partial charge in [0.25, 0.3) is 5.56 Å². The summed E-state index contributed by atoms with van der Waals surface area (Å²) in [6.45, 7) is 3.03. The molecule has 2 aromatic heterocycles. The van der Waals surface area contributed by atoms with E-state index in [9.17, 15) is 10.1 Å². The molecule has 10 heteroatoms. The van der Waals surface area contributed by atoms with Crippen LogP contribution in [0.25, 0.3) is 0 Å². The van der Waals surface area contributed by atoms with Gasteiger partial charge in [-0.3, -0.25) is 4.79 Å². The number of ether oxygens (including phenoxy) is 4. The molecule has 3 heterocycles. The Bertz CT molecular complexity index is 1370. The maximum absolute atomic E-state index is 13.9. The summed E-state index contributed by atoms with van der Waals surface area (Å²) in [5, 5.41) is 9.99. The third-order valence-electron chi connectivity index (χ3n) is 6.09. The lowest BCUT2D eigenvalue weighted by Crippen LogP contribution is -2.33. The van der Waals surface area contributed by atoms with Crippen molar-refractivity contribution in [3.05, 3.63) is 75.6 Å². The summed E-state index contributed by atoms with van der Waals surface area (Å²) in [7, 11) is 4.50. The van der Waals surface area contributed by atoms with Crippen LogP contribution < -0.4 is 30.2 Å². The number of aryl methyl sites for hydroxylation is 2. The van der Waals surface area contributed by atoms with Crippen LogP contribution in [-0.4, -0.2) is 35.4 Å². The van der Waals surface area contributed by atoms with E-state index < -0.39 is 5.92 Å². The molecule has 1 aliphatic heterocycles. The number of allylic oxidation sites excluding steroid dienone is 1. The second kappa shape index (κ2) is 9.85. The van der Waals surface area contributed by atoms with Gasteiger partial charge in [-0.25, -0.2) is 4.98 Å². The van der Waals surface area contributed by atoms with E-state index in [1.807, 2.05) is 17.7 Å². The van der Waals surface area contributed by atoms with Crippen LogP contribution >= 0.6 is 0 Å². The highest BCUT2D eigenvalue weighted by molar-refractivity contribution is 5.64. The number of benzene rings is 1. The number of hydrogen-bond acceptors (Lipinski definition) is 8. The van der Waals surface area contributed by atoms with Crippen molar-refractivity contribution in [3.8, 4) is 29.1 Å². The van der Waals surface area contributed by atoms with Crippen LogP contribution in [0.4, 0.5) is 0 Å². The molecule has 1 aromatic carbocycles. The van der Waals surface area contributed by atoms with Gasteiger partial charge < -0.3 is 33.8 Å². The Morgan fingerprint density at radius 3 is 2.57 bits per heavy atom. The third-order valence-corrected chi connectivity index (χ3v) is 6.09. The van der Waals surface area contributed by atoms with E-state index in [-0.39, 0.29) is 17.0 Å². The molecular weight excluding hydrogens is 450 g/mol. The normalized spacial score (nSPS) is 14.7. The van der Waals surface area contributed by atoms with Crippen molar-refractivity contribution in [3.63, 3.8) is 0 Å². The van der Waals surface area contributed by atoms with Gasteiger partial charge in [-0.05, 0) is 19.4 Å². The van der Waals surface area contributed by atoms with E-state index >= 15 is 0 Å². The lowest BCUT2D eigenvalue weighted by molar-refractivity contribution is 0.321. The fraction of sp³-hybridized carbons (Fsp3) is 0.320. The molecule has 0 saturated heterocycles. The standard InChI is InChI=1S/C25H27N5O5/c1-15-12-19-21(25(31)30(15)10-5-9-29-11-8-28-14-29)20(17(13-26)24(27)35-19)16-6-7-18(32-2)23(34-4)22(16)33-3/h6-8,11-12,14,20H,5,9-10,27H2,1-4H3. The summed E-state index contributed by atoms with van der Waals surface area (Å²) in [5.74, 6) is 0.597. The molecule has 182 valence electrons. The molecule has 1 atom stereocenters. The Kier molecular flexibility index (Phi) is 6.68. The van der Waals surface area contributed by atoms with Gasteiger partial charge >= 0.3 is 0 Å². The van der Waals surface area contributed by atoms with E-state index in [4.69, 9.17) is 24.7 Å². The first-order valence-electron chi connectivity index (χ1n) is 11.0. The zero-order valence-electron chi connectivity index (χ0n) is 20.1. The molecule has 2 N–H and O–H groups in total. The first kappa shape index (κ1) is 23.8. The maximum atomic E-state index is 13.9. The number of pyridine rings is 1. The molecule has 1 unspecified atom stereocenters. The number of aromatic nitrogens is 3. The minimum atomic E-state index is -0.813. The fourth-order valence-electron chi connectivity index (χ4n) is 4.46. The van der Waals surface area contributed by atoms with Crippen LogP contribution in [0.3, 0.4) is 0 Å². The predicted octanol–water partition coefficient (Wildman–Crippen LogP) is 2.69. The number of imidazole rings is 1. The predicted molar refractivity (Wildman–Crippen MR) is 128 cm³/mol. The summed E-state index contributed by atoms with van der Waals surface area (Å²) >= 11 is 0. The SMILES string of the molecule is COc1ccc(C2C(C#N)=C(N)Oc3cc(C)n(CCCn4ccnc4)c(=O)c32)c(OC)c1OC. The van der Waals surface area contributed by atoms with E-state index in [0.29, 0.717) is 53.6 Å². The largest absolute Gasteiger partial charge is 0.493 e. The molecular formula is C25H27N5O5. The highest BCUT2D eigenvalue weighted by atomic mass is 16.5.